The molecule has 1 aliphatic rings. The minimum atomic E-state index is -2.40. The van der Waals surface area contributed by atoms with E-state index in [1.807, 2.05) is 13.8 Å². The minimum Gasteiger partial charge on any atom is -0.468 e. The van der Waals surface area contributed by atoms with Crippen molar-refractivity contribution in [3.63, 3.8) is 0 Å². The van der Waals surface area contributed by atoms with Gasteiger partial charge in [0.05, 0.1) is 13.7 Å². The summed E-state index contributed by atoms with van der Waals surface area (Å²) in [6.07, 6.45) is -0.548. The van der Waals surface area contributed by atoms with E-state index >= 15 is 0 Å². The van der Waals surface area contributed by atoms with Gasteiger partial charge >= 0.3 is 5.97 Å². The lowest BCUT2D eigenvalue weighted by atomic mass is 9.91. The molecule has 0 saturated heterocycles. The van der Waals surface area contributed by atoms with Crippen LogP contribution in [-0.4, -0.2) is 56.1 Å². The highest BCUT2D eigenvalue weighted by Gasteiger charge is 2.52. The quantitative estimate of drug-likeness (QED) is 0.683. The maximum atomic E-state index is 12.4. The Balaban J connectivity index is 2.85. The van der Waals surface area contributed by atoms with Gasteiger partial charge in [0.25, 0.3) is 6.43 Å². The van der Waals surface area contributed by atoms with Crippen LogP contribution in [0.25, 0.3) is 0 Å². The maximum absolute atomic E-state index is 12.4. The lowest BCUT2D eigenvalue weighted by Crippen LogP contribution is -2.62. The summed E-state index contributed by atoms with van der Waals surface area (Å²) in [6, 6.07) is 0.0830. The average Bonchev–Trinajstić information content (AvgIpc) is 3.08. The fraction of sp³-hybridized carbons (Fsp3) is 0.923. The van der Waals surface area contributed by atoms with Crippen LogP contribution in [0.1, 0.15) is 26.7 Å². The van der Waals surface area contributed by atoms with Crippen LogP contribution in [0.4, 0.5) is 8.78 Å². The van der Waals surface area contributed by atoms with Gasteiger partial charge in [-0.05, 0) is 39.7 Å². The highest BCUT2D eigenvalue weighted by Crippen LogP contribution is 2.41. The summed E-state index contributed by atoms with van der Waals surface area (Å²) in [5.41, 5.74) is -0.868. The molecule has 112 valence electrons. The normalized spacial score (nSPS) is 19.0. The first-order valence-electron chi connectivity index (χ1n) is 6.64. The smallest absolute Gasteiger partial charge is 0.327 e. The number of methoxy groups -OCH3 is 1. The van der Waals surface area contributed by atoms with Crippen molar-refractivity contribution in [2.45, 2.75) is 44.7 Å². The predicted molar refractivity (Wildman–Crippen MR) is 69.2 cm³/mol. The molecular weight excluding hydrogens is 254 g/mol. The standard InChI is InChI=1S/C13H24F2N2O2/c1-9(2)16-13(10-5-6-10,12(18)19-4)8-17(3)7-11(14)15/h9-11,16H,5-8H2,1-4H3. The van der Waals surface area contributed by atoms with Crippen LogP contribution in [0, 0.1) is 5.92 Å². The van der Waals surface area contributed by atoms with Gasteiger partial charge in [0.1, 0.15) is 5.54 Å². The molecule has 1 saturated carbocycles. The summed E-state index contributed by atoms with van der Waals surface area (Å²) in [4.78, 5) is 13.7. The molecule has 1 aliphatic carbocycles. The van der Waals surface area contributed by atoms with Crippen LogP contribution in [0.5, 0.6) is 0 Å². The second kappa shape index (κ2) is 6.61. The maximum Gasteiger partial charge on any atom is 0.327 e. The van der Waals surface area contributed by atoms with E-state index in [0.717, 1.165) is 12.8 Å². The highest BCUT2D eigenvalue weighted by molar-refractivity contribution is 5.82. The molecule has 0 bridgehead atoms. The van der Waals surface area contributed by atoms with E-state index in [1.165, 1.54) is 12.0 Å². The molecule has 0 aliphatic heterocycles. The van der Waals surface area contributed by atoms with Crippen LogP contribution in [0.3, 0.4) is 0 Å². The second-order valence-electron chi connectivity index (χ2n) is 5.62. The van der Waals surface area contributed by atoms with Crippen LogP contribution in [0.15, 0.2) is 0 Å². The van der Waals surface area contributed by atoms with Gasteiger partial charge in [-0.3, -0.25) is 10.2 Å². The molecule has 1 N–H and O–H groups in total. The zero-order valence-corrected chi connectivity index (χ0v) is 12.1. The van der Waals surface area contributed by atoms with Crippen molar-refractivity contribution in [3.05, 3.63) is 0 Å². The fourth-order valence-corrected chi connectivity index (χ4v) is 2.58. The molecule has 0 aromatic carbocycles. The Bertz CT molecular complexity index is 309. The Morgan fingerprint density at radius 1 is 1.47 bits per heavy atom. The number of esters is 1. The molecule has 1 rings (SSSR count). The molecule has 0 aromatic heterocycles. The molecular formula is C13H24F2N2O2. The van der Waals surface area contributed by atoms with Gasteiger partial charge in [-0.2, -0.15) is 0 Å². The van der Waals surface area contributed by atoms with E-state index < -0.39 is 12.0 Å². The average molecular weight is 278 g/mol. The van der Waals surface area contributed by atoms with Gasteiger partial charge in [-0.15, -0.1) is 0 Å². The summed E-state index contributed by atoms with van der Waals surface area (Å²) in [5, 5.41) is 3.25. The van der Waals surface area contributed by atoms with Crippen LogP contribution >= 0.6 is 0 Å². The Hall–Kier alpha value is -0.750. The van der Waals surface area contributed by atoms with Gasteiger partial charge < -0.3 is 4.74 Å². The van der Waals surface area contributed by atoms with Crippen molar-refractivity contribution in [2.75, 3.05) is 27.2 Å². The van der Waals surface area contributed by atoms with E-state index in [-0.39, 0.29) is 31.0 Å². The number of carbonyl (C=O) groups is 1. The summed E-state index contributed by atoms with van der Waals surface area (Å²) in [5.74, 6) is -0.188. The lowest BCUT2D eigenvalue weighted by Gasteiger charge is -2.37. The van der Waals surface area contributed by atoms with Gasteiger partial charge in [0, 0.05) is 12.6 Å². The summed E-state index contributed by atoms with van der Waals surface area (Å²) in [7, 11) is 2.95. The van der Waals surface area contributed by atoms with Crippen molar-refractivity contribution in [1.82, 2.24) is 10.2 Å². The minimum absolute atomic E-state index is 0.0830. The number of nitrogens with zero attached hydrogens (tertiary/aromatic N) is 1. The van der Waals surface area contributed by atoms with Gasteiger partial charge in [-0.1, -0.05) is 0 Å². The Morgan fingerprint density at radius 2 is 2.05 bits per heavy atom. The predicted octanol–water partition coefficient (Wildman–Crippen LogP) is 1.50. The number of hydrogen-bond donors (Lipinski definition) is 1. The second-order valence-corrected chi connectivity index (χ2v) is 5.62. The van der Waals surface area contributed by atoms with Crippen molar-refractivity contribution in [2.24, 2.45) is 5.92 Å². The van der Waals surface area contributed by atoms with Crippen LogP contribution < -0.4 is 5.32 Å². The molecule has 4 nitrogen and oxygen atoms in total. The molecule has 0 spiro atoms. The van der Waals surface area contributed by atoms with E-state index in [9.17, 15) is 13.6 Å². The Morgan fingerprint density at radius 3 is 2.42 bits per heavy atom. The number of nitrogens with one attached hydrogen (secondary N) is 1. The zero-order chi connectivity index (χ0) is 14.6. The zero-order valence-electron chi connectivity index (χ0n) is 12.1. The topological polar surface area (TPSA) is 41.6 Å². The van der Waals surface area contributed by atoms with Gasteiger partial charge in [-0.25, -0.2) is 13.6 Å². The van der Waals surface area contributed by atoms with Crippen molar-refractivity contribution in [3.8, 4) is 0 Å². The number of ether oxygens (including phenoxy) is 1. The molecule has 1 fully saturated rings. The molecule has 0 amide bonds. The third kappa shape index (κ3) is 4.38. The lowest BCUT2D eigenvalue weighted by molar-refractivity contribution is -0.151. The van der Waals surface area contributed by atoms with Gasteiger partial charge in [0.2, 0.25) is 0 Å². The van der Waals surface area contributed by atoms with E-state index in [1.54, 1.807) is 7.05 Å². The molecule has 0 radical (unpaired) electrons. The van der Waals surface area contributed by atoms with Crippen LogP contribution in [0.2, 0.25) is 0 Å². The molecule has 6 heteroatoms. The first-order chi connectivity index (χ1) is 8.81. The number of alkyl halides is 2. The Labute approximate surface area is 113 Å². The van der Waals surface area contributed by atoms with E-state index in [0.29, 0.717) is 0 Å². The molecule has 0 aromatic rings. The number of hydrogen-bond acceptors (Lipinski definition) is 4. The fourth-order valence-electron chi connectivity index (χ4n) is 2.58. The van der Waals surface area contributed by atoms with Gasteiger partial charge in [0.15, 0.2) is 0 Å². The summed E-state index contributed by atoms with van der Waals surface area (Å²) >= 11 is 0. The first-order valence-corrected chi connectivity index (χ1v) is 6.64. The number of rotatable bonds is 8. The third-order valence-corrected chi connectivity index (χ3v) is 3.34. The number of likely N-dealkylation sites (N-methyl/N-ethyl adjacent to an activating group) is 1. The third-order valence-electron chi connectivity index (χ3n) is 3.34. The van der Waals surface area contributed by atoms with E-state index in [4.69, 9.17) is 4.74 Å². The van der Waals surface area contributed by atoms with E-state index in [2.05, 4.69) is 5.32 Å². The van der Waals surface area contributed by atoms with Crippen LogP contribution in [-0.2, 0) is 9.53 Å². The number of carbonyl (C=O) groups excluding carboxylic acids is 1. The van der Waals surface area contributed by atoms with Crippen molar-refractivity contribution in [1.29, 1.82) is 0 Å². The molecule has 1 atom stereocenters. The first kappa shape index (κ1) is 16.3. The monoisotopic (exact) mass is 278 g/mol. The van der Waals surface area contributed by atoms with Crippen molar-refractivity contribution < 1.29 is 18.3 Å². The molecule has 19 heavy (non-hydrogen) atoms. The molecule has 0 heterocycles. The Kier molecular flexibility index (Phi) is 5.67. The SMILES string of the molecule is COC(=O)C(CN(C)CC(F)F)(NC(C)C)C1CC1. The largest absolute Gasteiger partial charge is 0.468 e. The summed E-state index contributed by atoms with van der Waals surface area (Å²) in [6.45, 7) is 3.78. The summed E-state index contributed by atoms with van der Waals surface area (Å²) < 4.78 is 29.8. The molecule has 1 unspecified atom stereocenters. The number of halogens is 2. The highest BCUT2D eigenvalue weighted by atomic mass is 19.3. The van der Waals surface area contributed by atoms with Crippen molar-refractivity contribution >= 4 is 5.97 Å².